The third kappa shape index (κ3) is 5.64. The lowest BCUT2D eigenvalue weighted by Gasteiger charge is -2.16. The number of guanidine groups is 1. The van der Waals surface area contributed by atoms with E-state index in [1.165, 1.54) is 0 Å². The monoisotopic (exact) mass is 419 g/mol. The van der Waals surface area contributed by atoms with Gasteiger partial charge in [-0.15, -0.1) is 24.0 Å². The van der Waals surface area contributed by atoms with Crippen LogP contribution in [0.25, 0.3) is 0 Å². The SMILES string of the molecule is CCNC(=NCc1cccc(OC)c1)NCC1(CO)CC1.I. The molecule has 124 valence electrons. The standard InChI is InChI=1S/C16H25N3O2.HI/c1-3-17-15(19-11-16(12-20)7-8-16)18-10-13-5-4-6-14(9-13)21-2;/h4-6,9,20H,3,7-8,10-12H2,1-2H3,(H2,17,18,19);1H. The Bertz CT molecular complexity index is 490. The Hall–Kier alpha value is -1.02. The molecule has 1 fully saturated rings. The molecule has 0 unspecified atom stereocenters. The van der Waals surface area contributed by atoms with Gasteiger partial charge in [0, 0.05) is 18.5 Å². The summed E-state index contributed by atoms with van der Waals surface area (Å²) in [4.78, 5) is 4.58. The fraction of sp³-hybridized carbons (Fsp3) is 0.562. The van der Waals surface area contributed by atoms with Crippen molar-refractivity contribution in [3.63, 3.8) is 0 Å². The molecular weight excluding hydrogens is 393 g/mol. The predicted molar refractivity (Wildman–Crippen MR) is 100.0 cm³/mol. The van der Waals surface area contributed by atoms with Gasteiger partial charge in [0.05, 0.1) is 20.3 Å². The average molecular weight is 419 g/mol. The first-order chi connectivity index (χ1) is 10.2. The zero-order valence-corrected chi connectivity index (χ0v) is 15.6. The maximum Gasteiger partial charge on any atom is 0.191 e. The third-order valence-electron chi connectivity index (χ3n) is 3.82. The minimum absolute atomic E-state index is 0. The number of benzene rings is 1. The van der Waals surface area contributed by atoms with Crippen LogP contribution in [-0.2, 0) is 6.54 Å². The summed E-state index contributed by atoms with van der Waals surface area (Å²) in [5, 5.41) is 15.9. The normalized spacial score (nSPS) is 15.7. The second-order valence-corrected chi connectivity index (χ2v) is 5.56. The predicted octanol–water partition coefficient (Wildman–Crippen LogP) is 2.14. The maximum absolute atomic E-state index is 9.35. The van der Waals surface area contributed by atoms with Crippen LogP contribution in [0.4, 0.5) is 0 Å². The second-order valence-electron chi connectivity index (χ2n) is 5.56. The van der Waals surface area contributed by atoms with Gasteiger partial charge < -0.3 is 20.5 Å². The smallest absolute Gasteiger partial charge is 0.191 e. The molecule has 0 radical (unpaired) electrons. The fourth-order valence-corrected chi connectivity index (χ4v) is 2.12. The topological polar surface area (TPSA) is 65.9 Å². The number of hydrogen-bond donors (Lipinski definition) is 3. The molecule has 1 aromatic carbocycles. The van der Waals surface area contributed by atoms with Crippen molar-refractivity contribution in [2.75, 3.05) is 26.8 Å². The van der Waals surface area contributed by atoms with Crippen molar-refractivity contribution >= 4 is 29.9 Å². The molecule has 1 aliphatic rings. The lowest BCUT2D eigenvalue weighted by Crippen LogP contribution is -2.41. The van der Waals surface area contributed by atoms with E-state index in [1.54, 1.807) is 7.11 Å². The van der Waals surface area contributed by atoms with Crippen molar-refractivity contribution < 1.29 is 9.84 Å². The van der Waals surface area contributed by atoms with Crippen molar-refractivity contribution in [3.8, 4) is 5.75 Å². The van der Waals surface area contributed by atoms with E-state index in [2.05, 4.69) is 15.6 Å². The lowest BCUT2D eigenvalue weighted by atomic mass is 10.1. The summed E-state index contributed by atoms with van der Waals surface area (Å²) in [5.74, 6) is 1.64. The first-order valence-electron chi connectivity index (χ1n) is 7.47. The maximum atomic E-state index is 9.35. The summed E-state index contributed by atoms with van der Waals surface area (Å²) in [7, 11) is 1.66. The van der Waals surface area contributed by atoms with Crippen LogP contribution in [0.5, 0.6) is 5.75 Å². The molecule has 2 rings (SSSR count). The molecule has 0 saturated heterocycles. The molecule has 0 atom stereocenters. The highest BCUT2D eigenvalue weighted by molar-refractivity contribution is 14.0. The van der Waals surface area contributed by atoms with Gasteiger partial charge in [-0.2, -0.15) is 0 Å². The van der Waals surface area contributed by atoms with Crippen LogP contribution in [0, 0.1) is 5.41 Å². The van der Waals surface area contributed by atoms with Crippen molar-refractivity contribution in [1.29, 1.82) is 0 Å². The van der Waals surface area contributed by atoms with Gasteiger partial charge in [0.15, 0.2) is 5.96 Å². The van der Waals surface area contributed by atoms with Crippen LogP contribution in [0.15, 0.2) is 29.3 Å². The van der Waals surface area contributed by atoms with Gasteiger partial charge in [0.1, 0.15) is 5.75 Å². The number of hydrogen-bond acceptors (Lipinski definition) is 3. The van der Waals surface area contributed by atoms with Crippen LogP contribution >= 0.6 is 24.0 Å². The Morgan fingerprint density at radius 2 is 2.14 bits per heavy atom. The summed E-state index contributed by atoms with van der Waals surface area (Å²) in [5.41, 5.74) is 1.18. The number of aliphatic hydroxyl groups is 1. The summed E-state index contributed by atoms with van der Waals surface area (Å²) in [6.45, 7) is 4.47. The van der Waals surface area contributed by atoms with Gasteiger partial charge in [-0.1, -0.05) is 12.1 Å². The minimum atomic E-state index is 0. The quantitative estimate of drug-likeness (QED) is 0.360. The molecule has 0 spiro atoms. The molecule has 0 aromatic heterocycles. The molecule has 0 aliphatic heterocycles. The van der Waals surface area contributed by atoms with E-state index in [1.807, 2.05) is 31.2 Å². The zero-order chi connectivity index (χ0) is 15.1. The Kier molecular flexibility index (Phi) is 7.95. The molecule has 3 N–H and O–H groups in total. The molecular formula is C16H26IN3O2. The number of ether oxygens (including phenoxy) is 1. The molecule has 6 heteroatoms. The van der Waals surface area contributed by atoms with Crippen LogP contribution < -0.4 is 15.4 Å². The van der Waals surface area contributed by atoms with Crippen LogP contribution in [0.2, 0.25) is 0 Å². The minimum Gasteiger partial charge on any atom is -0.497 e. The summed E-state index contributed by atoms with van der Waals surface area (Å²) < 4.78 is 5.22. The number of halogens is 1. The summed E-state index contributed by atoms with van der Waals surface area (Å²) >= 11 is 0. The highest BCUT2D eigenvalue weighted by atomic mass is 127. The molecule has 0 bridgehead atoms. The molecule has 0 heterocycles. The van der Waals surface area contributed by atoms with Gasteiger partial charge in [-0.25, -0.2) is 4.99 Å². The van der Waals surface area contributed by atoms with Crippen molar-refractivity contribution in [2.45, 2.75) is 26.3 Å². The third-order valence-corrected chi connectivity index (χ3v) is 3.82. The highest BCUT2D eigenvalue weighted by Crippen LogP contribution is 2.44. The average Bonchev–Trinajstić information content (AvgIpc) is 3.31. The van der Waals surface area contributed by atoms with E-state index in [-0.39, 0.29) is 36.0 Å². The second kappa shape index (κ2) is 9.19. The Morgan fingerprint density at radius 3 is 2.73 bits per heavy atom. The van der Waals surface area contributed by atoms with Crippen LogP contribution in [0.1, 0.15) is 25.3 Å². The number of nitrogens with one attached hydrogen (secondary N) is 2. The molecule has 1 aromatic rings. The van der Waals surface area contributed by atoms with Gasteiger partial charge >= 0.3 is 0 Å². The number of nitrogens with zero attached hydrogens (tertiary/aromatic N) is 1. The van der Waals surface area contributed by atoms with Gasteiger partial charge in [0.2, 0.25) is 0 Å². The van der Waals surface area contributed by atoms with E-state index in [0.29, 0.717) is 6.54 Å². The fourth-order valence-electron chi connectivity index (χ4n) is 2.12. The van der Waals surface area contributed by atoms with Crippen LogP contribution in [0.3, 0.4) is 0 Å². The molecule has 1 saturated carbocycles. The van der Waals surface area contributed by atoms with E-state index in [4.69, 9.17) is 4.74 Å². The Balaban J connectivity index is 0.00000242. The zero-order valence-electron chi connectivity index (χ0n) is 13.3. The van der Waals surface area contributed by atoms with Crippen molar-refractivity contribution in [2.24, 2.45) is 10.4 Å². The molecule has 0 amide bonds. The van der Waals surface area contributed by atoms with E-state index >= 15 is 0 Å². The van der Waals surface area contributed by atoms with E-state index in [0.717, 1.165) is 43.2 Å². The van der Waals surface area contributed by atoms with Crippen molar-refractivity contribution in [3.05, 3.63) is 29.8 Å². The van der Waals surface area contributed by atoms with Crippen molar-refractivity contribution in [1.82, 2.24) is 10.6 Å². The molecule has 1 aliphatic carbocycles. The largest absolute Gasteiger partial charge is 0.497 e. The van der Waals surface area contributed by atoms with Gasteiger partial charge in [0.25, 0.3) is 0 Å². The lowest BCUT2D eigenvalue weighted by molar-refractivity contribution is 0.212. The first-order valence-corrected chi connectivity index (χ1v) is 7.47. The molecule has 22 heavy (non-hydrogen) atoms. The highest BCUT2D eigenvalue weighted by Gasteiger charge is 2.41. The van der Waals surface area contributed by atoms with Gasteiger partial charge in [-0.05, 0) is 37.5 Å². The summed E-state index contributed by atoms with van der Waals surface area (Å²) in [6.07, 6.45) is 2.18. The number of aliphatic imine (C=N–C) groups is 1. The van der Waals surface area contributed by atoms with E-state index in [9.17, 15) is 5.11 Å². The van der Waals surface area contributed by atoms with Gasteiger partial charge in [-0.3, -0.25) is 0 Å². The number of aliphatic hydroxyl groups excluding tert-OH is 1. The number of rotatable bonds is 7. The van der Waals surface area contributed by atoms with E-state index < -0.39 is 0 Å². The Labute approximate surface area is 149 Å². The summed E-state index contributed by atoms with van der Waals surface area (Å²) in [6, 6.07) is 7.92. The molecule has 5 nitrogen and oxygen atoms in total. The number of methoxy groups -OCH3 is 1. The van der Waals surface area contributed by atoms with Crippen LogP contribution in [-0.4, -0.2) is 37.9 Å². The first kappa shape index (κ1) is 19.0. The Morgan fingerprint density at radius 1 is 1.36 bits per heavy atom.